The first kappa shape index (κ1) is 15.3. The van der Waals surface area contributed by atoms with Gasteiger partial charge < -0.3 is 15.0 Å². The molecule has 0 aliphatic carbocycles. The lowest BCUT2D eigenvalue weighted by atomic mass is 9.98. The number of piperidine rings is 1. The van der Waals surface area contributed by atoms with E-state index in [-0.39, 0.29) is 5.97 Å². The third kappa shape index (κ3) is 3.70. The molecule has 0 saturated carbocycles. The Bertz CT molecular complexity index is 461. The van der Waals surface area contributed by atoms with Crippen molar-refractivity contribution in [3.05, 3.63) is 11.3 Å². The predicted octanol–water partition coefficient (Wildman–Crippen LogP) is 2.38. The molecule has 0 spiro atoms. The van der Waals surface area contributed by atoms with Crippen LogP contribution in [0.5, 0.6) is 0 Å². The van der Waals surface area contributed by atoms with Gasteiger partial charge in [-0.25, -0.2) is 4.79 Å². The zero-order valence-corrected chi connectivity index (χ0v) is 13.3. The Kier molecular flexibility index (Phi) is 5.37. The summed E-state index contributed by atoms with van der Waals surface area (Å²) in [4.78, 5) is 14.3. The molecule has 2 rings (SSSR count). The Morgan fingerprint density at radius 2 is 2.40 bits per heavy atom. The number of aromatic nitrogens is 1. The molecular weight excluding hydrogens is 274 g/mol. The first-order chi connectivity index (χ1) is 9.61. The molecule has 1 aromatic heterocycles. The third-order valence-corrected chi connectivity index (χ3v) is 4.51. The first-order valence-corrected chi connectivity index (χ1v) is 7.95. The quantitative estimate of drug-likeness (QED) is 0.846. The molecular formula is C14H23N3O2S. The molecule has 0 bridgehead atoms. The minimum absolute atomic E-state index is 0.276. The van der Waals surface area contributed by atoms with E-state index in [0.29, 0.717) is 18.1 Å². The minimum Gasteiger partial charge on any atom is -0.462 e. The van der Waals surface area contributed by atoms with E-state index in [1.54, 1.807) is 0 Å². The van der Waals surface area contributed by atoms with Crippen molar-refractivity contribution in [3.63, 3.8) is 0 Å². The van der Waals surface area contributed by atoms with Crippen LogP contribution < -0.4 is 5.32 Å². The fourth-order valence-electron chi connectivity index (χ4n) is 2.61. The minimum atomic E-state index is -0.276. The molecule has 2 heterocycles. The van der Waals surface area contributed by atoms with Crippen LogP contribution in [0.2, 0.25) is 0 Å². The van der Waals surface area contributed by atoms with Crippen molar-refractivity contribution in [1.82, 2.24) is 9.27 Å². The van der Waals surface area contributed by atoms with Gasteiger partial charge >= 0.3 is 5.97 Å². The number of nitrogens with one attached hydrogen (secondary N) is 1. The molecule has 20 heavy (non-hydrogen) atoms. The lowest BCUT2D eigenvalue weighted by Crippen LogP contribution is -2.35. The molecule has 112 valence electrons. The highest BCUT2D eigenvalue weighted by atomic mass is 32.1. The number of hydrogen-bond donors (Lipinski definition) is 1. The predicted molar refractivity (Wildman–Crippen MR) is 81.5 cm³/mol. The molecule has 1 aliphatic heterocycles. The molecule has 0 amide bonds. The number of likely N-dealkylation sites (tertiary alicyclic amines) is 1. The Morgan fingerprint density at radius 3 is 3.10 bits per heavy atom. The summed E-state index contributed by atoms with van der Waals surface area (Å²) in [7, 11) is 2.16. The molecule has 1 aromatic rings. The van der Waals surface area contributed by atoms with Crippen molar-refractivity contribution in [3.8, 4) is 0 Å². The van der Waals surface area contributed by atoms with Gasteiger partial charge in [-0.2, -0.15) is 4.37 Å². The second kappa shape index (κ2) is 7.04. The van der Waals surface area contributed by atoms with E-state index in [1.165, 1.54) is 30.9 Å². The second-order valence-corrected chi connectivity index (χ2v) is 6.12. The highest BCUT2D eigenvalue weighted by Gasteiger charge is 2.22. The van der Waals surface area contributed by atoms with Crippen LogP contribution in [0.1, 0.15) is 35.8 Å². The average molecular weight is 297 g/mol. The van der Waals surface area contributed by atoms with Crippen molar-refractivity contribution in [2.24, 2.45) is 5.92 Å². The van der Waals surface area contributed by atoms with Gasteiger partial charge in [0.05, 0.1) is 12.3 Å². The number of nitrogens with zero attached hydrogens (tertiary/aromatic N) is 2. The summed E-state index contributed by atoms with van der Waals surface area (Å²) >= 11 is 1.34. The van der Waals surface area contributed by atoms with Crippen LogP contribution in [0.15, 0.2) is 0 Å². The van der Waals surface area contributed by atoms with Crippen LogP contribution in [0.3, 0.4) is 0 Å². The smallest absolute Gasteiger partial charge is 0.343 e. The maximum absolute atomic E-state index is 11.9. The number of ether oxygens (including phenoxy) is 1. The fraction of sp³-hybridized carbons (Fsp3) is 0.714. The summed E-state index contributed by atoms with van der Waals surface area (Å²) in [5.41, 5.74) is 1.35. The Hall–Kier alpha value is -1.14. The number of esters is 1. The van der Waals surface area contributed by atoms with Gasteiger partial charge in [0.1, 0.15) is 10.6 Å². The molecule has 1 fully saturated rings. The lowest BCUT2D eigenvalue weighted by molar-refractivity contribution is 0.0527. The number of carbonyl (C=O) groups is 1. The molecule has 6 heteroatoms. The van der Waals surface area contributed by atoms with Gasteiger partial charge in [-0.05, 0) is 57.7 Å². The van der Waals surface area contributed by atoms with Crippen molar-refractivity contribution < 1.29 is 9.53 Å². The fourth-order valence-corrected chi connectivity index (χ4v) is 3.40. The molecule has 0 radical (unpaired) electrons. The lowest BCUT2D eigenvalue weighted by Gasteiger charge is -2.29. The van der Waals surface area contributed by atoms with Crippen LogP contribution in [-0.2, 0) is 4.74 Å². The molecule has 5 nitrogen and oxygen atoms in total. The van der Waals surface area contributed by atoms with E-state index in [0.717, 1.165) is 23.8 Å². The summed E-state index contributed by atoms with van der Waals surface area (Å²) in [6, 6.07) is 0. The number of hydrogen-bond acceptors (Lipinski definition) is 6. The van der Waals surface area contributed by atoms with Crippen LogP contribution in [0, 0.1) is 12.8 Å². The highest BCUT2D eigenvalue weighted by molar-refractivity contribution is 7.10. The average Bonchev–Trinajstić information content (AvgIpc) is 2.78. The highest BCUT2D eigenvalue weighted by Crippen LogP contribution is 2.26. The van der Waals surface area contributed by atoms with Gasteiger partial charge in [0.2, 0.25) is 0 Å². The van der Waals surface area contributed by atoms with E-state index in [9.17, 15) is 4.79 Å². The van der Waals surface area contributed by atoms with Gasteiger partial charge in [0.25, 0.3) is 0 Å². The summed E-state index contributed by atoms with van der Waals surface area (Å²) in [5, 5.41) is 4.23. The van der Waals surface area contributed by atoms with Crippen LogP contribution in [0.4, 0.5) is 5.00 Å². The summed E-state index contributed by atoms with van der Waals surface area (Å²) < 4.78 is 9.36. The maximum atomic E-state index is 11.9. The Labute approximate surface area is 124 Å². The zero-order valence-electron chi connectivity index (χ0n) is 12.4. The van der Waals surface area contributed by atoms with Crippen molar-refractivity contribution in [2.75, 3.05) is 38.6 Å². The molecule has 1 unspecified atom stereocenters. The standard InChI is InChI=1S/C14H23N3O2S/c1-4-19-14(18)12-10(2)16-20-13(12)15-8-11-6-5-7-17(3)9-11/h11,15H,4-9H2,1-3H3. The van der Waals surface area contributed by atoms with Crippen molar-refractivity contribution in [2.45, 2.75) is 26.7 Å². The zero-order chi connectivity index (χ0) is 14.5. The van der Waals surface area contributed by atoms with Gasteiger partial charge in [-0.1, -0.05) is 0 Å². The first-order valence-electron chi connectivity index (χ1n) is 7.17. The Morgan fingerprint density at radius 1 is 1.60 bits per heavy atom. The summed E-state index contributed by atoms with van der Waals surface area (Å²) in [6.07, 6.45) is 2.49. The van der Waals surface area contributed by atoms with E-state index in [1.807, 2.05) is 13.8 Å². The second-order valence-electron chi connectivity index (χ2n) is 5.34. The van der Waals surface area contributed by atoms with Crippen LogP contribution in [-0.4, -0.2) is 48.5 Å². The number of anilines is 1. The van der Waals surface area contributed by atoms with Crippen molar-refractivity contribution in [1.29, 1.82) is 0 Å². The largest absolute Gasteiger partial charge is 0.462 e. The summed E-state index contributed by atoms with van der Waals surface area (Å²) in [6.45, 7) is 7.24. The van der Waals surface area contributed by atoms with Gasteiger partial charge in [-0.15, -0.1) is 0 Å². The SMILES string of the molecule is CCOC(=O)c1c(C)nsc1NCC1CCCN(C)C1. The van der Waals surface area contributed by atoms with E-state index < -0.39 is 0 Å². The maximum Gasteiger partial charge on any atom is 0.343 e. The Balaban J connectivity index is 1.97. The van der Waals surface area contributed by atoms with Crippen molar-refractivity contribution >= 4 is 22.5 Å². The molecule has 0 aromatic carbocycles. The topological polar surface area (TPSA) is 54.5 Å². The molecule has 1 aliphatic rings. The summed E-state index contributed by atoms with van der Waals surface area (Å²) in [5.74, 6) is 0.355. The number of rotatable bonds is 5. The van der Waals surface area contributed by atoms with Gasteiger partial charge in [0, 0.05) is 13.1 Å². The van der Waals surface area contributed by atoms with E-state index in [2.05, 4.69) is 21.6 Å². The van der Waals surface area contributed by atoms with Gasteiger partial charge in [0.15, 0.2) is 0 Å². The van der Waals surface area contributed by atoms with Crippen LogP contribution in [0.25, 0.3) is 0 Å². The number of carbonyl (C=O) groups excluding carboxylic acids is 1. The molecule has 1 saturated heterocycles. The van der Waals surface area contributed by atoms with E-state index >= 15 is 0 Å². The normalized spacial score (nSPS) is 19.9. The van der Waals surface area contributed by atoms with Crippen LogP contribution >= 0.6 is 11.5 Å². The van der Waals surface area contributed by atoms with E-state index in [4.69, 9.17) is 4.74 Å². The molecule has 1 N–H and O–H groups in total. The number of aryl methyl sites for hydroxylation is 1. The van der Waals surface area contributed by atoms with Gasteiger partial charge in [-0.3, -0.25) is 0 Å². The third-order valence-electron chi connectivity index (χ3n) is 3.62. The molecule has 1 atom stereocenters. The monoisotopic (exact) mass is 297 g/mol.